The zero-order valence-electron chi connectivity index (χ0n) is 19.1. The van der Waals surface area contributed by atoms with E-state index < -0.39 is 22.8 Å². The molecule has 0 N–H and O–H groups in total. The van der Waals surface area contributed by atoms with Crippen LogP contribution in [0.2, 0.25) is 0 Å². The number of hydrogen-bond donors (Lipinski definition) is 0. The Kier molecular flexibility index (Phi) is 4.06. The molecular weight excluding hydrogens is 478 g/mol. The van der Waals surface area contributed by atoms with Gasteiger partial charge in [0.2, 0.25) is 5.76 Å². The average molecular weight is 496 g/mol. The van der Waals surface area contributed by atoms with Crippen LogP contribution >= 0.6 is 11.3 Å². The van der Waals surface area contributed by atoms with Gasteiger partial charge in [0.15, 0.2) is 16.1 Å². The number of para-hydroxylation sites is 2. The van der Waals surface area contributed by atoms with Gasteiger partial charge in [-0.1, -0.05) is 41.7 Å². The van der Waals surface area contributed by atoms with E-state index in [2.05, 4.69) is 0 Å². The molecule has 2 aromatic heterocycles. The highest BCUT2D eigenvalue weighted by atomic mass is 32.1. The number of anilines is 2. The van der Waals surface area contributed by atoms with Gasteiger partial charge in [-0.15, -0.1) is 0 Å². The summed E-state index contributed by atoms with van der Waals surface area (Å²) in [5.74, 6) is -0.505. The summed E-state index contributed by atoms with van der Waals surface area (Å²) in [6.45, 7) is 0. The predicted octanol–water partition coefficient (Wildman–Crippen LogP) is 4.29. The van der Waals surface area contributed by atoms with Crippen molar-refractivity contribution in [1.29, 1.82) is 0 Å². The Bertz CT molecular complexity index is 1840. The Morgan fingerprint density at radius 2 is 1.78 bits per heavy atom. The van der Waals surface area contributed by atoms with Crippen molar-refractivity contribution < 1.29 is 18.7 Å². The summed E-state index contributed by atoms with van der Waals surface area (Å²) in [4.78, 5) is 49.8. The van der Waals surface area contributed by atoms with Gasteiger partial charge in [0.1, 0.15) is 11.3 Å². The van der Waals surface area contributed by atoms with Crippen LogP contribution in [0.5, 0.6) is 5.75 Å². The highest BCUT2D eigenvalue weighted by Crippen LogP contribution is 2.54. The highest BCUT2D eigenvalue weighted by molar-refractivity contribution is 7.22. The molecule has 2 amide bonds. The SMILES string of the molecule is COc1ccc2nc(N3C(=O)c4oc5ccccc5c(=O)c4C34C(=O)N(C)c3ccccc34)sc2c1. The van der Waals surface area contributed by atoms with E-state index in [4.69, 9.17) is 14.1 Å². The molecule has 4 heterocycles. The minimum absolute atomic E-state index is 0.0184. The summed E-state index contributed by atoms with van der Waals surface area (Å²) >= 11 is 1.25. The Balaban J connectivity index is 1.61. The summed E-state index contributed by atoms with van der Waals surface area (Å²) in [6.07, 6.45) is 0. The second kappa shape index (κ2) is 7.02. The molecule has 1 unspecified atom stereocenters. The summed E-state index contributed by atoms with van der Waals surface area (Å²) in [5, 5.41) is 0.593. The van der Waals surface area contributed by atoms with E-state index in [-0.39, 0.29) is 22.0 Å². The van der Waals surface area contributed by atoms with Crippen molar-refractivity contribution in [3.05, 3.63) is 93.8 Å². The Hall–Kier alpha value is -4.50. The van der Waals surface area contributed by atoms with Crippen molar-refractivity contribution in [1.82, 2.24) is 4.98 Å². The van der Waals surface area contributed by atoms with Crippen molar-refractivity contribution in [3.8, 4) is 5.75 Å². The average Bonchev–Trinajstić information content (AvgIpc) is 3.50. The maximum absolute atomic E-state index is 14.2. The summed E-state index contributed by atoms with van der Waals surface area (Å²) in [7, 11) is 3.22. The molecule has 176 valence electrons. The summed E-state index contributed by atoms with van der Waals surface area (Å²) in [6, 6.07) is 19.3. The van der Waals surface area contributed by atoms with Crippen LogP contribution in [-0.2, 0) is 10.3 Å². The number of ether oxygens (including phenoxy) is 1. The van der Waals surface area contributed by atoms with Crippen LogP contribution in [0.25, 0.3) is 21.2 Å². The fourth-order valence-electron chi connectivity index (χ4n) is 5.33. The summed E-state index contributed by atoms with van der Waals surface area (Å²) in [5.41, 5.74) is -0.0550. The number of likely N-dealkylation sites (N-methyl/N-ethyl adjacent to an activating group) is 1. The third kappa shape index (κ3) is 2.37. The van der Waals surface area contributed by atoms with Gasteiger partial charge in [-0.2, -0.15) is 0 Å². The molecule has 3 aromatic carbocycles. The van der Waals surface area contributed by atoms with Crippen LogP contribution in [0, 0.1) is 0 Å². The quantitative estimate of drug-likeness (QED) is 0.363. The molecule has 0 bridgehead atoms. The standard InChI is InChI=1S/C27H17N3O5S/c1-29-18-9-5-4-8-16(18)27(25(29)33)21-22(31)15-7-3-6-10-19(15)35-23(21)24(32)30(27)26-28-17-12-11-14(34-2)13-20(17)36-26/h3-13H,1-2H3. The summed E-state index contributed by atoms with van der Waals surface area (Å²) < 4.78 is 12.2. The highest BCUT2D eigenvalue weighted by Gasteiger charge is 2.65. The number of methoxy groups -OCH3 is 1. The molecule has 0 saturated heterocycles. The zero-order valence-corrected chi connectivity index (χ0v) is 20.0. The smallest absolute Gasteiger partial charge is 0.297 e. The Morgan fingerprint density at radius 1 is 1.00 bits per heavy atom. The van der Waals surface area contributed by atoms with Crippen LogP contribution in [0.3, 0.4) is 0 Å². The van der Waals surface area contributed by atoms with Crippen molar-refractivity contribution in [2.24, 2.45) is 0 Å². The third-order valence-corrected chi connectivity index (χ3v) is 7.94. The number of carbonyl (C=O) groups excluding carboxylic acids is 2. The number of carbonyl (C=O) groups is 2. The minimum atomic E-state index is -1.74. The molecule has 0 saturated carbocycles. The molecule has 8 nitrogen and oxygen atoms in total. The van der Waals surface area contributed by atoms with Gasteiger partial charge < -0.3 is 14.1 Å². The van der Waals surface area contributed by atoms with Gasteiger partial charge in [0.05, 0.1) is 28.3 Å². The Morgan fingerprint density at radius 3 is 2.61 bits per heavy atom. The second-order valence-electron chi connectivity index (χ2n) is 8.69. The van der Waals surface area contributed by atoms with Crippen molar-refractivity contribution in [2.75, 3.05) is 24.0 Å². The molecule has 5 aromatic rings. The number of aromatic nitrogens is 1. The first-order valence-electron chi connectivity index (χ1n) is 11.2. The topological polar surface area (TPSA) is 93.0 Å². The first kappa shape index (κ1) is 20.8. The lowest BCUT2D eigenvalue weighted by Gasteiger charge is -2.31. The lowest BCUT2D eigenvalue weighted by atomic mass is 9.84. The maximum Gasteiger partial charge on any atom is 0.297 e. The molecule has 7 rings (SSSR count). The van der Waals surface area contributed by atoms with E-state index in [0.29, 0.717) is 27.9 Å². The first-order valence-corrected chi connectivity index (χ1v) is 12.0. The number of thiazole rings is 1. The lowest BCUT2D eigenvalue weighted by molar-refractivity contribution is -0.121. The van der Waals surface area contributed by atoms with Gasteiger partial charge in [-0.25, -0.2) is 4.98 Å². The maximum atomic E-state index is 14.2. The van der Waals surface area contributed by atoms with Crippen LogP contribution in [0.15, 0.2) is 75.9 Å². The van der Waals surface area contributed by atoms with E-state index in [0.717, 1.165) is 4.70 Å². The first-order chi connectivity index (χ1) is 17.5. The fraction of sp³-hybridized carbons (Fsp3) is 0.111. The van der Waals surface area contributed by atoms with Crippen molar-refractivity contribution >= 4 is 55.2 Å². The van der Waals surface area contributed by atoms with Gasteiger partial charge in [0, 0.05) is 18.3 Å². The molecule has 0 fully saturated rings. The van der Waals surface area contributed by atoms with Crippen molar-refractivity contribution in [3.63, 3.8) is 0 Å². The molecule has 1 atom stereocenters. The number of amides is 2. The molecule has 9 heteroatoms. The molecule has 36 heavy (non-hydrogen) atoms. The number of benzene rings is 3. The minimum Gasteiger partial charge on any atom is -0.497 e. The lowest BCUT2D eigenvalue weighted by Crippen LogP contribution is -2.53. The molecule has 0 radical (unpaired) electrons. The molecule has 0 aliphatic carbocycles. The van der Waals surface area contributed by atoms with E-state index in [1.807, 2.05) is 12.1 Å². The zero-order chi connectivity index (χ0) is 24.8. The number of nitrogens with zero attached hydrogens (tertiary/aromatic N) is 3. The predicted molar refractivity (Wildman–Crippen MR) is 136 cm³/mol. The van der Waals surface area contributed by atoms with Crippen LogP contribution in [0.1, 0.15) is 21.7 Å². The molecule has 1 spiro atoms. The van der Waals surface area contributed by atoms with Gasteiger partial charge in [0.25, 0.3) is 11.8 Å². The van der Waals surface area contributed by atoms with E-state index in [9.17, 15) is 14.4 Å². The van der Waals surface area contributed by atoms with Gasteiger partial charge in [-0.05, 0) is 36.4 Å². The number of rotatable bonds is 2. The monoisotopic (exact) mass is 495 g/mol. The largest absolute Gasteiger partial charge is 0.497 e. The molecule has 2 aliphatic heterocycles. The fourth-order valence-corrected chi connectivity index (χ4v) is 6.37. The normalized spacial score (nSPS) is 18.5. The van der Waals surface area contributed by atoms with Crippen molar-refractivity contribution in [2.45, 2.75) is 5.54 Å². The van der Waals surface area contributed by atoms with E-state index in [1.54, 1.807) is 68.8 Å². The third-order valence-electron chi connectivity index (χ3n) is 6.94. The van der Waals surface area contributed by atoms with Crippen LogP contribution in [-0.4, -0.2) is 31.0 Å². The van der Waals surface area contributed by atoms with Crippen LogP contribution < -0.4 is 20.0 Å². The second-order valence-corrected chi connectivity index (χ2v) is 9.70. The van der Waals surface area contributed by atoms with Crippen LogP contribution in [0.4, 0.5) is 10.8 Å². The number of fused-ring (bicyclic) bond motifs is 6. The number of hydrogen-bond acceptors (Lipinski definition) is 7. The molecular formula is C27H17N3O5S. The van der Waals surface area contributed by atoms with Gasteiger partial charge in [-0.3, -0.25) is 19.3 Å². The van der Waals surface area contributed by atoms with E-state index in [1.165, 1.54) is 21.1 Å². The Labute approximate surface area is 208 Å². The van der Waals surface area contributed by atoms with E-state index >= 15 is 0 Å². The molecule has 2 aliphatic rings. The van der Waals surface area contributed by atoms with Gasteiger partial charge >= 0.3 is 0 Å².